The van der Waals surface area contributed by atoms with E-state index in [2.05, 4.69) is 5.32 Å². The van der Waals surface area contributed by atoms with Gasteiger partial charge in [-0.25, -0.2) is 9.18 Å². The van der Waals surface area contributed by atoms with E-state index in [0.29, 0.717) is 37.7 Å². The van der Waals surface area contributed by atoms with Crippen LogP contribution in [-0.4, -0.2) is 51.2 Å². The first kappa shape index (κ1) is 18.5. The molecule has 0 aliphatic carbocycles. The van der Waals surface area contributed by atoms with Crippen molar-refractivity contribution in [1.29, 1.82) is 0 Å². The predicted molar refractivity (Wildman–Crippen MR) is 90.1 cm³/mol. The van der Waals surface area contributed by atoms with Crippen LogP contribution in [0, 0.1) is 5.82 Å². The summed E-state index contributed by atoms with van der Waals surface area (Å²) in [7, 11) is 1.62. The Morgan fingerprint density at radius 1 is 1.33 bits per heavy atom. The Kier molecular flexibility index (Phi) is 6.01. The van der Waals surface area contributed by atoms with Gasteiger partial charge in [-0.05, 0) is 39.0 Å². The van der Waals surface area contributed by atoms with Crippen molar-refractivity contribution in [3.63, 3.8) is 0 Å². The summed E-state index contributed by atoms with van der Waals surface area (Å²) in [6.45, 7) is 7.67. The fourth-order valence-electron chi connectivity index (χ4n) is 2.30. The molecule has 24 heavy (non-hydrogen) atoms. The van der Waals surface area contributed by atoms with Crippen molar-refractivity contribution in [2.45, 2.75) is 32.5 Å². The minimum absolute atomic E-state index is 0.0964. The number of rotatable bonds is 6. The van der Waals surface area contributed by atoms with Crippen molar-refractivity contribution in [2.75, 3.05) is 43.6 Å². The van der Waals surface area contributed by atoms with Crippen molar-refractivity contribution in [1.82, 2.24) is 0 Å². The van der Waals surface area contributed by atoms with Gasteiger partial charge in [-0.3, -0.25) is 5.32 Å². The number of methoxy groups -OCH3 is 1. The topological polar surface area (TPSA) is 60.0 Å². The summed E-state index contributed by atoms with van der Waals surface area (Å²) in [6.07, 6.45) is -0.510. The second-order valence-electron chi connectivity index (χ2n) is 6.68. The molecule has 7 heteroatoms. The molecule has 1 aliphatic heterocycles. The van der Waals surface area contributed by atoms with Gasteiger partial charge in [0.2, 0.25) is 0 Å². The van der Waals surface area contributed by atoms with E-state index in [0.717, 1.165) is 0 Å². The van der Waals surface area contributed by atoms with E-state index in [-0.39, 0.29) is 11.9 Å². The van der Waals surface area contributed by atoms with Crippen molar-refractivity contribution in [3.05, 3.63) is 24.0 Å². The van der Waals surface area contributed by atoms with E-state index in [1.807, 2.05) is 4.90 Å². The van der Waals surface area contributed by atoms with Crippen LogP contribution in [0.25, 0.3) is 0 Å². The summed E-state index contributed by atoms with van der Waals surface area (Å²) in [5, 5.41) is 2.53. The number of ether oxygens (including phenoxy) is 3. The van der Waals surface area contributed by atoms with Crippen molar-refractivity contribution >= 4 is 17.5 Å². The van der Waals surface area contributed by atoms with Gasteiger partial charge in [-0.15, -0.1) is 0 Å². The third-order valence-electron chi connectivity index (χ3n) is 3.42. The van der Waals surface area contributed by atoms with Gasteiger partial charge < -0.3 is 19.1 Å². The van der Waals surface area contributed by atoms with Crippen LogP contribution in [-0.2, 0) is 14.2 Å². The standard InChI is InChI=1S/C17H25FN2O4/c1-17(2,3)24-16(21)19-12-5-6-15(14(18)9-12)20-10-13(11-20)23-8-7-22-4/h5-6,9,13H,7-8,10-11H2,1-4H3,(H,19,21). The molecule has 0 spiro atoms. The minimum Gasteiger partial charge on any atom is -0.444 e. The molecular weight excluding hydrogens is 315 g/mol. The van der Waals surface area contributed by atoms with E-state index in [9.17, 15) is 9.18 Å². The average molecular weight is 340 g/mol. The summed E-state index contributed by atoms with van der Waals surface area (Å²) in [5.41, 5.74) is 0.258. The number of nitrogens with zero attached hydrogens (tertiary/aromatic N) is 1. The highest BCUT2D eigenvalue weighted by Crippen LogP contribution is 2.28. The monoisotopic (exact) mass is 340 g/mol. The lowest BCUT2D eigenvalue weighted by Crippen LogP contribution is -2.53. The molecule has 1 saturated heterocycles. The molecule has 0 radical (unpaired) electrons. The van der Waals surface area contributed by atoms with Crippen molar-refractivity contribution in [3.8, 4) is 0 Å². The highest BCUT2D eigenvalue weighted by molar-refractivity contribution is 5.85. The number of amides is 1. The molecule has 1 fully saturated rings. The predicted octanol–water partition coefficient (Wildman–Crippen LogP) is 3.02. The molecule has 1 amide bonds. The van der Waals surface area contributed by atoms with Crippen molar-refractivity contribution < 1.29 is 23.4 Å². The molecule has 1 heterocycles. The summed E-state index contributed by atoms with van der Waals surface area (Å²) >= 11 is 0. The quantitative estimate of drug-likeness (QED) is 0.807. The molecule has 6 nitrogen and oxygen atoms in total. The first-order valence-electron chi connectivity index (χ1n) is 7.93. The van der Waals surface area contributed by atoms with E-state index in [4.69, 9.17) is 14.2 Å². The third-order valence-corrected chi connectivity index (χ3v) is 3.42. The maximum Gasteiger partial charge on any atom is 0.412 e. The number of carbonyl (C=O) groups excluding carboxylic acids is 1. The number of hydrogen-bond acceptors (Lipinski definition) is 5. The summed E-state index contributed by atoms with van der Waals surface area (Å²) < 4.78 is 29.9. The fourth-order valence-corrected chi connectivity index (χ4v) is 2.30. The van der Waals surface area contributed by atoms with Crippen LogP contribution >= 0.6 is 0 Å². The average Bonchev–Trinajstić information content (AvgIpc) is 2.40. The lowest BCUT2D eigenvalue weighted by molar-refractivity contribution is 0.00381. The van der Waals surface area contributed by atoms with Gasteiger partial charge in [0.05, 0.1) is 25.0 Å². The molecule has 0 aromatic heterocycles. The Bertz CT molecular complexity index is 568. The normalized spacial score (nSPS) is 15.1. The molecule has 0 saturated carbocycles. The summed E-state index contributed by atoms with van der Waals surface area (Å²) in [4.78, 5) is 13.6. The minimum atomic E-state index is -0.606. The van der Waals surface area contributed by atoms with Crippen molar-refractivity contribution in [2.24, 2.45) is 0 Å². The van der Waals surface area contributed by atoms with Crippen LogP contribution in [0.1, 0.15) is 20.8 Å². The number of carbonyl (C=O) groups is 1. The molecule has 1 N–H and O–H groups in total. The Morgan fingerprint density at radius 2 is 2.04 bits per heavy atom. The molecule has 1 aromatic rings. The number of hydrogen-bond donors (Lipinski definition) is 1. The molecule has 2 rings (SSSR count). The Labute approximate surface area is 141 Å². The molecular formula is C17H25FN2O4. The molecule has 0 atom stereocenters. The molecule has 0 bridgehead atoms. The van der Waals surface area contributed by atoms with Crippen LogP contribution < -0.4 is 10.2 Å². The van der Waals surface area contributed by atoms with Gasteiger partial charge in [0, 0.05) is 25.9 Å². The van der Waals surface area contributed by atoms with Gasteiger partial charge in [0.25, 0.3) is 0 Å². The van der Waals surface area contributed by atoms with Gasteiger partial charge in [-0.1, -0.05) is 0 Å². The number of anilines is 2. The number of benzene rings is 1. The van der Waals surface area contributed by atoms with E-state index >= 15 is 0 Å². The molecule has 1 aromatic carbocycles. The largest absolute Gasteiger partial charge is 0.444 e. The van der Waals surface area contributed by atoms with Gasteiger partial charge >= 0.3 is 6.09 Å². The highest BCUT2D eigenvalue weighted by Gasteiger charge is 2.29. The summed E-state index contributed by atoms with van der Waals surface area (Å²) in [5.74, 6) is -0.390. The highest BCUT2D eigenvalue weighted by atomic mass is 19.1. The van der Waals surface area contributed by atoms with Crippen LogP contribution in [0.5, 0.6) is 0 Å². The van der Waals surface area contributed by atoms with Gasteiger partial charge in [-0.2, -0.15) is 0 Å². The van der Waals surface area contributed by atoms with Gasteiger partial charge in [0.15, 0.2) is 0 Å². The maximum absolute atomic E-state index is 14.2. The second kappa shape index (κ2) is 7.81. The third kappa shape index (κ3) is 5.35. The van der Waals surface area contributed by atoms with Crippen LogP contribution in [0.4, 0.5) is 20.6 Å². The second-order valence-corrected chi connectivity index (χ2v) is 6.68. The van der Waals surface area contributed by atoms with Crippen LogP contribution in [0.15, 0.2) is 18.2 Å². The fraction of sp³-hybridized carbons (Fsp3) is 0.588. The van der Waals surface area contributed by atoms with E-state index < -0.39 is 11.7 Å². The van der Waals surface area contributed by atoms with E-state index in [1.54, 1.807) is 40.0 Å². The number of halogens is 1. The van der Waals surface area contributed by atoms with Crippen LogP contribution in [0.3, 0.4) is 0 Å². The Balaban J connectivity index is 1.86. The Morgan fingerprint density at radius 3 is 2.62 bits per heavy atom. The summed E-state index contributed by atoms with van der Waals surface area (Å²) in [6, 6.07) is 4.59. The maximum atomic E-state index is 14.2. The molecule has 1 aliphatic rings. The lowest BCUT2D eigenvalue weighted by Gasteiger charge is -2.40. The zero-order valence-corrected chi connectivity index (χ0v) is 14.6. The first-order chi connectivity index (χ1) is 11.3. The van der Waals surface area contributed by atoms with Gasteiger partial charge in [0.1, 0.15) is 11.4 Å². The molecule has 0 unspecified atom stereocenters. The smallest absolute Gasteiger partial charge is 0.412 e. The van der Waals surface area contributed by atoms with Crippen LogP contribution in [0.2, 0.25) is 0 Å². The number of nitrogens with one attached hydrogen (secondary N) is 1. The van der Waals surface area contributed by atoms with E-state index in [1.165, 1.54) is 6.07 Å². The lowest BCUT2D eigenvalue weighted by atomic mass is 10.1. The Hall–Kier alpha value is -1.86. The zero-order valence-electron chi connectivity index (χ0n) is 14.6. The SMILES string of the molecule is COCCOC1CN(c2ccc(NC(=O)OC(C)(C)C)cc2F)C1. The molecule has 134 valence electrons. The zero-order chi connectivity index (χ0) is 17.7. The first-order valence-corrected chi connectivity index (χ1v) is 7.93.